The van der Waals surface area contributed by atoms with Crippen molar-refractivity contribution in [1.29, 1.82) is 0 Å². The molecule has 0 bridgehead atoms. The Morgan fingerprint density at radius 3 is 2.21 bits per heavy atom. The molecule has 0 saturated carbocycles. The van der Waals surface area contributed by atoms with E-state index in [0.29, 0.717) is 33.2 Å². The van der Waals surface area contributed by atoms with Crippen LogP contribution in [0.1, 0.15) is 50.4 Å². The van der Waals surface area contributed by atoms with Crippen molar-refractivity contribution in [3.05, 3.63) is 125 Å². The Labute approximate surface area is 236 Å². The molecule has 1 heterocycles. The average molecular weight is 580 g/mol. The Kier molecular flexibility index (Phi) is 7.51. The summed E-state index contributed by atoms with van der Waals surface area (Å²) in [4.78, 5) is 24.9. The van der Waals surface area contributed by atoms with E-state index in [1.165, 1.54) is 47.3 Å². The summed E-state index contributed by atoms with van der Waals surface area (Å²) in [5, 5.41) is 16.9. The first kappa shape index (κ1) is 28.5. The lowest BCUT2D eigenvalue weighted by atomic mass is 9.99. The Morgan fingerprint density at radius 2 is 1.60 bits per heavy atom. The maximum absolute atomic E-state index is 14.0. The zero-order valence-electron chi connectivity index (χ0n) is 21.9. The molecule has 0 spiro atoms. The highest BCUT2D eigenvalue weighted by Gasteiger charge is 2.30. The number of alkyl halides is 3. The lowest BCUT2D eigenvalue weighted by molar-refractivity contribution is -0.137. The molecule has 42 heavy (non-hydrogen) atoms. The summed E-state index contributed by atoms with van der Waals surface area (Å²) in [5.74, 6) is -3.70. The normalized spacial score (nSPS) is 12.3. The van der Waals surface area contributed by atoms with E-state index < -0.39 is 41.3 Å². The molecule has 214 valence electrons. The van der Waals surface area contributed by atoms with E-state index in [1.807, 2.05) is 0 Å². The fourth-order valence-corrected chi connectivity index (χ4v) is 4.61. The van der Waals surface area contributed by atoms with Crippen molar-refractivity contribution >= 4 is 22.8 Å². The fourth-order valence-electron chi connectivity index (χ4n) is 4.61. The van der Waals surface area contributed by atoms with Gasteiger partial charge in [-0.25, -0.2) is 13.6 Å². The van der Waals surface area contributed by atoms with Gasteiger partial charge in [-0.05, 0) is 77.7 Å². The number of hydrogen-bond acceptors (Lipinski definition) is 3. The summed E-state index contributed by atoms with van der Waals surface area (Å²) in [6.07, 6.45) is -3.00. The van der Waals surface area contributed by atoms with Crippen LogP contribution in [0.3, 0.4) is 0 Å². The summed E-state index contributed by atoms with van der Waals surface area (Å²) in [6, 6.07) is 16.6. The Morgan fingerprint density at radius 1 is 0.905 bits per heavy atom. The molecule has 0 radical (unpaired) electrons. The van der Waals surface area contributed by atoms with Gasteiger partial charge in [-0.2, -0.15) is 18.3 Å². The minimum absolute atomic E-state index is 0.0542. The first-order chi connectivity index (χ1) is 19.9. The van der Waals surface area contributed by atoms with E-state index in [0.717, 1.165) is 24.3 Å². The van der Waals surface area contributed by atoms with Crippen LogP contribution in [0.2, 0.25) is 0 Å². The van der Waals surface area contributed by atoms with E-state index >= 15 is 0 Å². The highest BCUT2D eigenvalue weighted by Crippen LogP contribution is 2.31. The number of rotatable bonds is 7. The van der Waals surface area contributed by atoms with Gasteiger partial charge in [0.25, 0.3) is 5.91 Å². The summed E-state index contributed by atoms with van der Waals surface area (Å²) < 4.78 is 68.2. The monoisotopic (exact) mass is 579 g/mol. The third-order valence-electron chi connectivity index (χ3n) is 6.85. The maximum Gasteiger partial charge on any atom is 0.416 e. The highest BCUT2D eigenvalue weighted by atomic mass is 19.4. The molecule has 0 saturated heterocycles. The molecule has 4 aromatic carbocycles. The quantitative estimate of drug-likeness (QED) is 0.199. The van der Waals surface area contributed by atoms with Crippen molar-refractivity contribution < 1.29 is 36.6 Å². The average Bonchev–Trinajstić information content (AvgIpc) is 3.36. The molecule has 2 N–H and O–H groups in total. The zero-order chi connectivity index (χ0) is 30.2. The van der Waals surface area contributed by atoms with Crippen molar-refractivity contribution in [2.24, 2.45) is 0 Å². The smallest absolute Gasteiger partial charge is 0.416 e. The predicted octanol–water partition coefficient (Wildman–Crippen LogP) is 7.24. The van der Waals surface area contributed by atoms with Gasteiger partial charge >= 0.3 is 12.1 Å². The molecule has 0 aliphatic heterocycles. The largest absolute Gasteiger partial charge is 0.478 e. The van der Waals surface area contributed by atoms with Gasteiger partial charge in [-0.3, -0.25) is 9.48 Å². The first-order valence-electron chi connectivity index (χ1n) is 12.7. The number of aromatic nitrogens is 2. The number of nitrogens with one attached hydrogen (secondary N) is 1. The number of hydrogen-bond donors (Lipinski definition) is 2. The Bertz CT molecular complexity index is 1800. The van der Waals surface area contributed by atoms with Crippen LogP contribution in [0.5, 0.6) is 0 Å². The SMILES string of the molecule is C[C@H](NC(=O)c1cc(-c2ccc(F)c(F)c2)cc2cnn(Cc3ccc(C(F)(F)F)cc3)c12)c1ccc(C(=O)O)cc1. The third kappa shape index (κ3) is 5.85. The molecule has 5 aromatic rings. The van der Waals surface area contributed by atoms with Gasteiger partial charge in [0.1, 0.15) is 0 Å². The molecule has 6 nitrogen and oxygen atoms in total. The van der Waals surface area contributed by atoms with Crippen molar-refractivity contribution in [3.63, 3.8) is 0 Å². The number of amides is 1. The summed E-state index contributed by atoms with van der Waals surface area (Å²) in [5.41, 5.74) is 1.70. The number of carboxylic acid groups (broad SMARTS) is 1. The van der Waals surface area contributed by atoms with E-state index in [2.05, 4.69) is 10.4 Å². The first-order valence-corrected chi connectivity index (χ1v) is 12.7. The lowest BCUT2D eigenvalue weighted by Gasteiger charge is -2.17. The lowest BCUT2D eigenvalue weighted by Crippen LogP contribution is -2.27. The molecular weight excluding hydrogens is 557 g/mol. The van der Waals surface area contributed by atoms with Gasteiger partial charge in [0.15, 0.2) is 11.6 Å². The van der Waals surface area contributed by atoms with Crippen LogP contribution in [0.25, 0.3) is 22.0 Å². The molecule has 5 rings (SSSR count). The third-order valence-corrected chi connectivity index (χ3v) is 6.85. The highest BCUT2D eigenvalue weighted by molar-refractivity contribution is 6.07. The second-order valence-electron chi connectivity index (χ2n) is 9.71. The summed E-state index contributed by atoms with van der Waals surface area (Å²) in [7, 11) is 0. The Balaban J connectivity index is 1.54. The molecule has 1 aromatic heterocycles. The fraction of sp³-hybridized carbons (Fsp3) is 0.129. The van der Waals surface area contributed by atoms with Gasteiger partial charge in [-0.1, -0.05) is 30.3 Å². The van der Waals surface area contributed by atoms with Gasteiger partial charge in [-0.15, -0.1) is 0 Å². The number of carbonyl (C=O) groups is 2. The molecule has 1 amide bonds. The number of carboxylic acids is 1. The van der Waals surface area contributed by atoms with Gasteiger partial charge < -0.3 is 10.4 Å². The van der Waals surface area contributed by atoms with Gasteiger partial charge in [0, 0.05) is 5.39 Å². The molecule has 0 aliphatic rings. The van der Waals surface area contributed by atoms with Crippen molar-refractivity contribution in [3.8, 4) is 11.1 Å². The van der Waals surface area contributed by atoms with Crippen LogP contribution in [0.15, 0.2) is 85.1 Å². The van der Waals surface area contributed by atoms with E-state index in [9.17, 15) is 31.5 Å². The van der Waals surface area contributed by atoms with E-state index in [4.69, 9.17) is 5.11 Å². The summed E-state index contributed by atoms with van der Waals surface area (Å²) >= 11 is 0. The van der Waals surface area contributed by atoms with Gasteiger partial charge in [0.2, 0.25) is 0 Å². The van der Waals surface area contributed by atoms with Gasteiger partial charge in [0.05, 0.1) is 41.0 Å². The second-order valence-corrected chi connectivity index (χ2v) is 9.71. The van der Waals surface area contributed by atoms with Crippen LogP contribution < -0.4 is 5.32 Å². The van der Waals surface area contributed by atoms with E-state index in [1.54, 1.807) is 25.1 Å². The van der Waals surface area contributed by atoms with Crippen LogP contribution in [0, 0.1) is 11.6 Å². The number of carbonyl (C=O) groups excluding carboxylic acids is 1. The number of halogens is 5. The minimum Gasteiger partial charge on any atom is -0.478 e. The molecule has 0 fully saturated rings. The summed E-state index contributed by atoms with van der Waals surface area (Å²) in [6.45, 7) is 1.77. The van der Waals surface area contributed by atoms with E-state index in [-0.39, 0.29) is 17.7 Å². The second kappa shape index (κ2) is 11.1. The number of fused-ring (bicyclic) bond motifs is 1. The standard InChI is InChI=1S/C31H22F5N3O3/c1-17(19-4-6-20(7-5-19)30(41)42)38-29(40)25-13-22(21-8-11-26(32)27(33)14-21)12-23-15-37-39(28(23)25)16-18-2-9-24(10-3-18)31(34,35)36/h2-15,17H,16H2,1H3,(H,38,40)(H,41,42)/t17-/m0/s1. The van der Waals surface area contributed by atoms with Crippen molar-refractivity contribution in [2.45, 2.75) is 25.7 Å². The molecule has 1 atom stereocenters. The van der Waals surface area contributed by atoms with Crippen LogP contribution in [-0.4, -0.2) is 26.8 Å². The zero-order valence-corrected chi connectivity index (χ0v) is 21.9. The Hall–Kier alpha value is -5.06. The topological polar surface area (TPSA) is 84.2 Å². The number of benzene rings is 4. The molecule has 0 unspecified atom stereocenters. The molecular formula is C31H22F5N3O3. The van der Waals surface area contributed by atoms with Crippen LogP contribution >= 0.6 is 0 Å². The van der Waals surface area contributed by atoms with Crippen LogP contribution in [-0.2, 0) is 12.7 Å². The maximum atomic E-state index is 14.0. The number of nitrogens with zero attached hydrogens (tertiary/aromatic N) is 2. The molecule has 11 heteroatoms. The predicted molar refractivity (Wildman–Crippen MR) is 145 cm³/mol. The van der Waals surface area contributed by atoms with Crippen LogP contribution in [0.4, 0.5) is 22.0 Å². The molecule has 0 aliphatic carbocycles. The van der Waals surface area contributed by atoms with Crippen molar-refractivity contribution in [2.75, 3.05) is 0 Å². The van der Waals surface area contributed by atoms with Crippen molar-refractivity contribution in [1.82, 2.24) is 15.1 Å². The number of aromatic carboxylic acids is 1. The minimum atomic E-state index is -4.48.